The van der Waals surface area contributed by atoms with Gasteiger partial charge in [0.1, 0.15) is 33.5 Å². The molecule has 28 aromatic carbocycles. The second-order valence-electron chi connectivity index (χ2n) is 39.0. The molecule has 0 saturated heterocycles. The molecule has 682 valence electrons. The Labute approximate surface area is 847 Å². The molecule has 3 aromatic heterocycles. The fourth-order valence-electron chi connectivity index (χ4n) is 23.7. The van der Waals surface area contributed by atoms with Crippen molar-refractivity contribution in [3.05, 3.63) is 534 Å². The van der Waals surface area contributed by atoms with Crippen LogP contribution >= 0.6 is 0 Å². The topological polar surface area (TPSA) is 39.4 Å². The SMILES string of the molecule is c1cc(-c2ccc3ccccc3c2)cc(-c2c3ccccc3c(-c3ccc(-c4ccc5oc6cc7ccccc7cc6c5c4)cc3)c3ccccc23)c1.c1cc(-c2ccc3oc4cc5ccccc5cc4c3c2)cc(-c2c3ccccc3c(-c3ccc4ccccc4c3)c3ccccc23)c1.c1cc(-c2ccc3oc4cc5ccccc5cc4c3c2)cc(-c2c3ccccc3c(-c3cccc4ccccc34)c3ccccc23)c1. The molecule has 0 fully saturated rings. The van der Waals surface area contributed by atoms with Gasteiger partial charge < -0.3 is 13.3 Å². The van der Waals surface area contributed by atoms with E-state index in [2.05, 4.69) is 534 Å². The summed E-state index contributed by atoms with van der Waals surface area (Å²) in [7, 11) is 0. The van der Waals surface area contributed by atoms with Crippen LogP contribution in [0.4, 0.5) is 0 Å². The van der Waals surface area contributed by atoms with Crippen LogP contribution in [0.5, 0.6) is 0 Å². The minimum Gasteiger partial charge on any atom is -0.456 e. The van der Waals surface area contributed by atoms with Crippen molar-refractivity contribution < 1.29 is 13.3 Å². The van der Waals surface area contributed by atoms with Gasteiger partial charge in [0.25, 0.3) is 0 Å². The van der Waals surface area contributed by atoms with E-state index in [1.54, 1.807) is 0 Å². The molecule has 0 atom stereocenters. The Bertz CT molecular complexity index is 10700. The van der Waals surface area contributed by atoms with Crippen molar-refractivity contribution in [2.24, 2.45) is 0 Å². The largest absolute Gasteiger partial charge is 0.456 e. The number of rotatable bonds is 10. The monoisotopic (exact) mass is 1860 g/mol. The molecule has 0 saturated carbocycles. The van der Waals surface area contributed by atoms with Crippen LogP contribution < -0.4 is 0 Å². The molecule has 31 aromatic rings. The summed E-state index contributed by atoms with van der Waals surface area (Å²) in [6, 6.07) is 194. The molecule has 3 heterocycles. The Balaban J connectivity index is 0.000000104. The van der Waals surface area contributed by atoms with Crippen LogP contribution in [0.1, 0.15) is 0 Å². The van der Waals surface area contributed by atoms with E-state index in [9.17, 15) is 0 Å². The predicted octanol–water partition coefficient (Wildman–Crippen LogP) is 41.3. The molecule has 0 amide bonds. The van der Waals surface area contributed by atoms with Crippen molar-refractivity contribution in [1.82, 2.24) is 0 Å². The molecule has 0 radical (unpaired) electrons. The van der Waals surface area contributed by atoms with Crippen LogP contribution in [0, 0.1) is 0 Å². The fourth-order valence-corrected chi connectivity index (χ4v) is 23.7. The Kier molecular flexibility index (Phi) is 20.0. The van der Waals surface area contributed by atoms with Gasteiger partial charge in [-0.2, -0.15) is 0 Å². The van der Waals surface area contributed by atoms with Crippen LogP contribution in [-0.2, 0) is 0 Å². The first-order valence-electron chi connectivity index (χ1n) is 50.6. The zero-order chi connectivity index (χ0) is 96.7. The molecule has 0 aliphatic rings. The maximum atomic E-state index is 6.32. The highest BCUT2D eigenvalue weighted by atomic mass is 16.3. The fraction of sp³-hybridized carbons (Fsp3) is 0. The summed E-state index contributed by atoms with van der Waals surface area (Å²) >= 11 is 0. The molecule has 0 aliphatic carbocycles. The number of hydrogen-bond acceptors (Lipinski definition) is 3. The van der Waals surface area contributed by atoms with Gasteiger partial charge in [-0.25, -0.2) is 0 Å². The molecular formula is C144H88O3. The van der Waals surface area contributed by atoms with Crippen molar-refractivity contribution in [1.29, 1.82) is 0 Å². The number of hydrogen-bond donors (Lipinski definition) is 0. The molecule has 0 unspecified atom stereocenters. The van der Waals surface area contributed by atoms with Crippen molar-refractivity contribution >= 4 is 195 Å². The molecular weight excluding hydrogens is 1780 g/mol. The number of benzene rings is 28. The molecule has 0 bridgehead atoms. The van der Waals surface area contributed by atoms with Gasteiger partial charge in [0, 0.05) is 32.3 Å². The van der Waals surface area contributed by atoms with E-state index in [4.69, 9.17) is 13.3 Å². The highest BCUT2D eigenvalue weighted by Gasteiger charge is 2.25. The lowest BCUT2D eigenvalue weighted by molar-refractivity contribution is 0.669. The van der Waals surface area contributed by atoms with Gasteiger partial charge in [-0.1, -0.05) is 431 Å². The van der Waals surface area contributed by atoms with Crippen molar-refractivity contribution in [3.8, 4) is 111 Å². The van der Waals surface area contributed by atoms with Crippen LogP contribution in [-0.4, -0.2) is 0 Å². The van der Waals surface area contributed by atoms with Gasteiger partial charge in [0.2, 0.25) is 0 Å². The lowest BCUT2D eigenvalue weighted by Crippen LogP contribution is -1.92. The predicted molar refractivity (Wildman–Crippen MR) is 626 cm³/mol. The average Bonchev–Trinajstić information content (AvgIpc) is 1.41. The number of fused-ring (bicyclic) bond motifs is 21. The second kappa shape index (κ2) is 34.8. The molecule has 147 heavy (non-hydrogen) atoms. The van der Waals surface area contributed by atoms with Gasteiger partial charge in [-0.15, -0.1) is 0 Å². The average molecular weight is 1870 g/mol. The molecule has 0 spiro atoms. The van der Waals surface area contributed by atoms with Gasteiger partial charge in [-0.05, 0) is 344 Å². The van der Waals surface area contributed by atoms with Crippen molar-refractivity contribution in [3.63, 3.8) is 0 Å². The Morgan fingerprint density at radius 2 is 0.293 bits per heavy atom. The normalized spacial score (nSPS) is 11.8. The van der Waals surface area contributed by atoms with Crippen LogP contribution in [0.25, 0.3) is 306 Å². The van der Waals surface area contributed by atoms with Gasteiger partial charge >= 0.3 is 0 Å². The van der Waals surface area contributed by atoms with Gasteiger partial charge in [0.05, 0.1) is 0 Å². The third-order valence-electron chi connectivity index (χ3n) is 30.6. The van der Waals surface area contributed by atoms with E-state index < -0.39 is 0 Å². The van der Waals surface area contributed by atoms with Crippen LogP contribution in [0.2, 0.25) is 0 Å². The lowest BCUT2D eigenvalue weighted by atomic mass is 9.84. The van der Waals surface area contributed by atoms with E-state index in [1.807, 2.05) is 0 Å². The van der Waals surface area contributed by atoms with Crippen LogP contribution in [0.3, 0.4) is 0 Å². The minimum absolute atomic E-state index is 0.913. The first kappa shape index (κ1) is 84.5. The Hall–Kier alpha value is -19.3. The highest BCUT2D eigenvalue weighted by Crippen LogP contribution is 2.52. The first-order valence-corrected chi connectivity index (χ1v) is 50.6. The molecule has 0 aliphatic heterocycles. The van der Waals surface area contributed by atoms with E-state index in [0.29, 0.717) is 0 Å². The van der Waals surface area contributed by atoms with E-state index >= 15 is 0 Å². The van der Waals surface area contributed by atoms with Crippen LogP contribution in [0.15, 0.2) is 547 Å². The Morgan fingerprint density at radius 1 is 0.0884 bits per heavy atom. The Morgan fingerprint density at radius 3 is 0.639 bits per heavy atom. The quantitative estimate of drug-likeness (QED) is 0.128. The lowest BCUT2D eigenvalue weighted by Gasteiger charge is -2.19. The van der Waals surface area contributed by atoms with Crippen molar-refractivity contribution in [2.75, 3.05) is 0 Å². The highest BCUT2D eigenvalue weighted by molar-refractivity contribution is 6.27. The summed E-state index contributed by atoms with van der Waals surface area (Å²) in [4.78, 5) is 0. The zero-order valence-corrected chi connectivity index (χ0v) is 80.0. The maximum absolute atomic E-state index is 6.32. The van der Waals surface area contributed by atoms with Crippen molar-refractivity contribution in [2.45, 2.75) is 0 Å². The van der Waals surface area contributed by atoms with Gasteiger partial charge in [0.15, 0.2) is 0 Å². The summed E-state index contributed by atoms with van der Waals surface area (Å²) in [6.45, 7) is 0. The summed E-state index contributed by atoms with van der Waals surface area (Å²) in [5, 5.41) is 36.8. The third-order valence-corrected chi connectivity index (χ3v) is 30.6. The summed E-state index contributed by atoms with van der Waals surface area (Å²) in [6.07, 6.45) is 0. The second-order valence-corrected chi connectivity index (χ2v) is 39.0. The van der Waals surface area contributed by atoms with Gasteiger partial charge in [-0.3, -0.25) is 0 Å². The minimum atomic E-state index is 0.913. The molecule has 0 N–H and O–H groups in total. The smallest absolute Gasteiger partial charge is 0.136 e. The standard InChI is InChI=1S/C52H32O.2C46H28O/c1-2-11-36-28-40(25-22-33(36)10-1)37-14-9-15-42(29-37)52-45-18-7-5-16-43(45)51(44-17-6-8-19-46(44)52)35-23-20-34(21-24-35)41-26-27-49-47(31-41)48-30-38-12-3-4-13-39(38)32-50(48)53-49;1-2-13-32-28-44-42(26-31(32)12-1)41-27-33(23-24-43(41)47-44)30-15-9-16-34(25-30)45-37-18-5-7-20-39(37)46(40-21-8-6-19-38(40)45)36-22-10-14-29-11-3-4-17-35(29)36;1-2-11-30-24-36(21-20-29(30)10-1)46-39-18-7-5-16-37(39)45(38-17-6-8-19-40(38)46)35-15-9-14-31(25-35)34-22-23-43-41(27-34)42-26-32-12-3-4-13-33(32)28-44(42)47-43/h1-32H;2*1-28H. The zero-order valence-electron chi connectivity index (χ0n) is 80.0. The molecule has 31 rings (SSSR count). The molecule has 3 nitrogen and oxygen atoms in total. The maximum Gasteiger partial charge on any atom is 0.136 e. The van der Waals surface area contributed by atoms with E-state index in [-0.39, 0.29) is 0 Å². The summed E-state index contributed by atoms with van der Waals surface area (Å²) in [5.41, 5.74) is 30.0. The van der Waals surface area contributed by atoms with E-state index in [1.165, 1.54) is 241 Å². The number of furan rings is 3. The first-order chi connectivity index (χ1) is 72.8. The molecule has 3 heteroatoms. The summed E-state index contributed by atoms with van der Waals surface area (Å²) in [5.74, 6) is 0. The third kappa shape index (κ3) is 14.6. The van der Waals surface area contributed by atoms with E-state index in [0.717, 1.165) is 65.8 Å². The summed E-state index contributed by atoms with van der Waals surface area (Å²) < 4.78 is 18.9.